The second-order valence-corrected chi connectivity index (χ2v) is 3.12. The summed E-state index contributed by atoms with van der Waals surface area (Å²) in [6, 6.07) is 1.24. The predicted molar refractivity (Wildman–Crippen MR) is 54.0 cm³/mol. The first-order valence-electron chi connectivity index (χ1n) is 3.76. The number of nitrogens with zero attached hydrogens (tertiary/aromatic N) is 1. The van der Waals surface area contributed by atoms with Gasteiger partial charge in [-0.05, 0) is 11.6 Å². The van der Waals surface area contributed by atoms with Crippen molar-refractivity contribution in [1.82, 2.24) is 4.98 Å². The molecule has 0 saturated heterocycles. The van der Waals surface area contributed by atoms with E-state index in [0.29, 0.717) is 10.9 Å². The summed E-state index contributed by atoms with van der Waals surface area (Å²) in [5, 5.41) is 9.25. The lowest BCUT2D eigenvalue weighted by Crippen LogP contribution is -2.02. The van der Waals surface area contributed by atoms with Crippen LogP contribution in [-0.2, 0) is 0 Å². The highest BCUT2D eigenvalue weighted by Crippen LogP contribution is 2.09. The number of aromatic nitrogens is 1. The number of allylic oxidation sites excluding steroid dienone is 1. The fourth-order valence-electron chi connectivity index (χ4n) is 0.886. The van der Waals surface area contributed by atoms with E-state index in [4.69, 9.17) is 5.11 Å². The van der Waals surface area contributed by atoms with Gasteiger partial charge in [0.1, 0.15) is 5.56 Å². The van der Waals surface area contributed by atoms with Gasteiger partial charge < -0.3 is 5.11 Å². The highest BCUT2D eigenvalue weighted by Gasteiger charge is 2.10. The molecular weight excluding hydrogens is 253 g/mol. The first-order valence-corrected chi connectivity index (χ1v) is 4.88. The average molecular weight is 260 g/mol. The van der Waals surface area contributed by atoms with Crippen LogP contribution in [0.25, 0.3) is 6.08 Å². The first-order chi connectivity index (χ1) is 6.65. The Kier molecular flexibility index (Phi) is 3.76. The van der Waals surface area contributed by atoms with Crippen LogP contribution in [-0.4, -0.2) is 21.4 Å². The minimum atomic E-state index is -1.32. The van der Waals surface area contributed by atoms with Crippen LogP contribution in [0.15, 0.2) is 18.3 Å². The predicted octanol–water partition coefficient (Wildman–Crippen LogP) is 2.33. The standard InChI is InChI=1S/C9H7BrFNO2/c10-3-1-2-6-4-7(9(13)14)8(11)12-5-6/h1-2,4-5H,3H2,(H,13,14). The third-order valence-corrected chi connectivity index (χ3v) is 1.86. The van der Waals surface area contributed by atoms with E-state index in [1.165, 1.54) is 12.3 Å². The van der Waals surface area contributed by atoms with Crippen molar-refractivity contribution >= 4 is 28.0 Å². The molecule has 0 fully saturated rings. The number of pyridine rings is 1. The lowest BCUT2D eigenvalue weighted by atomic mass is 10.2. The van der Waals surface area contributed by atoms with Gasteiger partial charge in [0, 0.05) is 11.5 Å². The third kappa shape index (κ3) is 2.63. The molecule has 0 bridgehead atoms. The van der Waals surface area contributed by atoms with Gasteiger partial charge in [-0.25, -0.2) is 9.78 Å². The SMILES string of the molecule is O=C(O)c1cc(C=CCBr)cnc1F. The summed E-state index contributed by atoms with van der Waals surface area (Å²) in [5.41, 5.74) is 0.143. The largest absolute Gasteiger partial charge is 0.478 e. The lowest BCUT2D eigenvalue weighted by Gasteiger charge is -1.97. The summed E-state index contributed by atoms with van der Waals surface area (Å²) < 4.78 is 12.8. The van der Waals surface area contributed by atoms with Crippen molar-refractivity contribution in [3.05, 3.63) is 35.4 Å². The number of aromatic carboxylic acids is 1. The van der Waals surface area contributed by atoms with Crippen LogP contribution >= 0.6 is 15.9 Å². The van der Waals surface area contributed by atoms with E-state index < -0.39 is 17.5 Å². The molecule has 14 heavy (non-hydrogen) atoms. The van der Waals surface area contributed by atoms with E-state index in [9.17, 15) is 9.18 Å². The number of carboxylic acids is 1. The zero-order valence-electron chi connectivity index (χ0n) is 7.08. The fraction of sp³-hybridized carbons (Fsp3) is 0.111. The molecule has 0 atom stereocenters. The van der Waals surface area contributed by atoms with Crippen molar-refractivity contribution in [2.75, 3.05) is 5.33 Å². The zero-order valence-corrected chi connectivity index (χ0v) is 8.66. The van der Waals surface area contributed by atoms with E-state index in [2.05, 4.69) is 20.9 Å². The van der Waals surface area contributed by atoms with Gasteiger partial charge in [0.25, 0.3) is 0 Å². The molecule has 0 amide bonds. The fourth-order valence-corrected chi connectivity index (χ4v) is 1.07. The number of hydrogen-bond donors (Lipinski definition) is 1. The van der Waals surface area contributed by atoms with E-state index >= 15 is 0 Å². The molecule has 0 aromatic carbocycles. The molecule has 74 valence electrons. The first kappa shape index (κ1) is 10.8. The average Bonchev–Trinajstić information content (AvgIpc) is 2.16. The molecule has 1 heterocycles. The molecule has 0 saturated carbocycles. The van der Waals surface area contributed by atoms with Gasteiger partial charge in [-0.2, -0.15) is 4.39 Å². The second-order valence-electron chi connectivity index (χ2n) is 2.47. The Morgan fingerprint density at radius 1 is 1.71 bits per heavy atom. The van der Waals surface area contributed by atoms with E-state index in [1.54, 1.807) is 12.2 Å². The summed E-state index contributed by atoms with van der Waals surface area (Å²) in [6.07, 6.45) is 4.70. The van der Waals surface area contributed by atoms with Crippen LogP contribution in [0.3, 0.4) is 0 Å². The number of rotatable bonds is 3. The Labute approximate surface area is 88.4 Å². The minimum Gasteiger partial charge on any atom is -0.478 e. The smallest absolute Gasteiger partial charge is 0.340 e. The molecule has 1 aromatic heterocycles. The number of hydrogen-bond acceptors (Lipinski definition) is 2. The van der Waals surface area contributed by atoms with Crippen LogP contribution in [0.4, 0.5) is 4.39 Å². The summed E-state index contributed by atoms with van der Waals surface area (Å²) in [4.78, 5) is 13.9. The van der Waals surface area contributed by atoms with Crippen molar-refractivity contribution in [3.8, 4) is 0 Å². The van der Waals surface area contributed by atoms with Crippen molar-refractivity contribution in [2.24, 2.45) is 0 Å². The summed E-state index contributed by atoms with van der Waals surface area (Å²) in [5.74, 6) is -2.28. The van der Waals surface area contributed by atoms with Crippen molar-refractivity contribution in [2.45, 2.75) is 0 Å². The van der Waals surface area contributed by atoms with Gasteiger partial charge in [0.2, 0.25) is 5.95 Å². The second kappa shape index (κ2) is 4.85. The maximum atomic E-state index is 12.8. The van der Waals surface area contributed by atoms with E-state index in [1.807, 2.05) is 0 Å². The molecular formula is C9H7BrFNO2. The maximum Gasteiger partial charge on any atom is 0.340 e. The minimum absolute atomic E-state index is 0.415. The van der Waals surface area contributed by atoms with Gasteiger partial charge >= 0.3 is 5.97 Å². The van der Waals surface area contributed by atoms with Gasteiger partial charge in [-0.3, -0.25) is 0 Å². The van der Waals surface area contributed by atoms with Crippen LogP contribution < -0.4 is 0 Å². The van der Waals surface area contributed by atoms with Gasteiger partial charge in [0.15, 0.2) is 0 Å². The maximum absolute atomic E-state index is 12.8. The molecule has 1 aromatic rings. The summed E-state index contributed by atoms with van der Waals surface area (Å²) >= 11 is 3.17. The Balaban J connectivity index is 3.06. The van der Waals surface area contributed by atoms with Gasteiger partial charge in [-0.1, -0.05) is 28.1 Å². The molecule has 0 aliphatic rings. The molecule has 0 radical (unpaired) electrons. The third-order valence-electron chi connectivity index (χ3n) is 1.49. The Morgan fingerprint density at radius 3 is 3.00 bits per heavy atom. The molecule has 0 aliphatic carbocycles. The van der Waals surface area contributed by atoms with Crippen LogP contribution in [0.2, 0.25) is 0 Å². The Hall–Kier alpha value is -1.23. The highest BCUT2D eigenvalue weighted by molar-refractivity contribution is 9.09. The van der Waals surface area contributed by atoms with Crippen molar-refractivity contribution in [1.29, 1.82) is 0 Å². The van der Waals surface area contributed by atoms with Crippen LogP contribution in [0.5, 0.6) is 0 Å². The van der Waals surface area contributed by atoms with Gasteiger partial charge in [0.05, 0.1) is 0 Å². The van der Waals surface area contributed by atoms with Gasteiger partial charge in [-0.15, -0.1) is 0 Å². The lowest BCUT2D eigenvalue weighted by molar-refractivity contribution is 0.0690. The Bertz CT molecular complexity index is 379. The van der Waals surface area contributed by atoms with Crippen LogP contribution in [0, 0.1) is 5.95 Å². The Morgan fingerprint density at radius 2 is 2.43 bits per heavy atom. The number of alkyl halides is 1. The molecule has 0 spiro atoms. The normalized spacial score (nSPS) is 10.7. The summed E-state index contributed by atoms with van der Waals surface area (Å²) in [7, 11) is 0. The highest BCUT2D eigenvalue weighted by atomic mass is 79.9. The molecule has 0 aliphatic heterocycles. The van der Waals surface area contributed by atoms with Crippen molar-refractivity contribution in [3.63, 3.8) is 0 Å². The topological polar surface area (TPSA) is 50.2 Å². The molecule has 1 rings (SSSR count). The van der Waals surface area contributed by atoms with E-state index in [0.717, 1.165) is 0 Å². The number of carbonyl (C=O) groups is 1. The quantitative estimate of drug-likeness (QED) is 0.670. The summed E-state index contributed by atoms with van der Waals surface area (Å²) in [6.45, 7) is 0. The van der Waals surface area contributed by atoms with E-state index in [-0.39, 0.29) is 0 Å². The van der Waals surface area contributed by atoms with Crippen LogP contribution in [0.1, 0.15) is 15.9 Å². The molecule has 5 heteroatoms. The number of carboxylic acid groups (broad SMARTS) is 1. The van der Waals surface area contributed by atoms with Crippen molar-refractivity contribution < 1.29 is 14.3 Å². The number of halogens is 2. The molecule has 0 unspecified atom stereocenters. The molecule has 1 N–H and O–H groups in total. The zero-order chi connectivity index (χ0) is 10.6. The monoisotopic (exact) mass is 259 g/mol. The molecule has 3 nitrogen and oxygen atoms in total.